The SMILES string of the molecule is Cn1nc(CN(Cc2ccco2)C(=O)COc2ccc(Cl)cc2)c2c1CCC2. The summed E-state index contributed by atoms with van der Waals surface area (Å²) < 4.78 is 13.0. The number of ether oxygens (including phenoxy) is 1. The van der Waals surface area contributed by atoms with Gasteiger partial charge in [-0.1, -0.05) is 11.6 Å². The maximum absolute atomic E-state index is 12.9. The monoisotopic (exact) mass is 399 g/mol. The second-order valence-corrected chi connectivity index (χ2v) is 7.36. The standard InChI is InChI=1S/C21H22ClN3O3/c1-24-20-6-2-5-18(20)19(23-24)13-25(12-17-4-3-11-27-17)21(26)14-28-16-9-7-15(22)8-10-16/h3-4,7-11H,2,5-6,12-14H2,1H3. The molecule has 28 heavy (non-hydrogen) atoms. The molecular formula is C21H22ClN3O3. The molecule has 2 aromatic heterocycles. The van der Waals surface area contributed by atoms with Crippen LogP contribution in [0.2, 0.25) is 5.02 Å². The average Bonchev–Trinajstić information content (AvgIpc) is 3.42. The third-order valence-corrected chi connectivity index (χ3v) is 5.25. The maximum Gasteiger partial charge on any atom is 0.261 e. The number of aryl methyl sites for hydroxylation is 1. The summed E-state index contributed by atoms with van der Waals surface area (Å²) in [6.45, 7) is 0.755. The van der Waals surface area contributed by atoms with Gasteiger partial charge in [0.1, 0.15) is 11.5 Å². The van der Waals surface area contributed by atoms with Crippen LogP contribution in [0.5, 0.6) is 5.75 Å². The van der Waals surface area contributed by atoms with E-state index in [-0.39, 0.29) is 12.5 Å². The van der Waals surface area contributed by atoms with Crippen LogP contribution in [0.25, 0.3) is 0 Å². The predicted octanol–water partition coefficient (Wildman–Crippen LogP) is 3.76. The number of carbonyl (C=O) groups is 1. The first-order valence-corrected chi connectivity index (χ1v) is 9.70. The lowest BCUT2D eigenvalue weighted by Crippen LogP contribution is -2.34. The largest absolute Gasteiger partial charge is 0.484 e. The second-order valence-electron chi connectivity index (χ2n) is 6.92. The van der Waals surface area contributed by atoms with Gasteiger partial charge in [-0.25, -0.2) is 0 Å². The number of halogens is 1. The molecule has 0 fully saturated rings. The first kappa shape index (κ1) is 18.6. The fourth-order valence-electron chi connectivity index (χ4n) is 3.60. The Hall–Kier alpha value is -2.73. The summed E-state index contributed by atoms with van der Waals surface area (Å²) in [6, 6.07) is 10.7. The van der Waals surface area contributed by atoms with E-state index in [4.69, 9.17) is 20.8 Å². The van der Waals surface area contributed by atoms with Crippen molar-refractivity contribution in [2.75, 3.05) is 6.61 Å². The van der Waals surface area contributed by atoms with Crippen LogP contribution < -0.4 is 4.74 Å². The van der Waals surface area contributed by atoms with Gasteiger partial charge in [-0.15, -0.1) is 0 Å². The Balaban J connectivity index is 1.49. The van der Waals surface area contributed by atoms with E-state index in [9.17, 15) is 4.79 Å². The van der Waals surface area contributed by atoms with Crippen molar-refractivity contribution in [3.05, 3.63) is 70.4 Å². The van der Waals surface area contributed by atoms with Gasteiger partial charge in [0.25, 0.3) is 5.91 Å². The van der Waals surface area contributed by atoms with Crippen molar-refractivity contribution in [3.63, 3.8) is 0 Å². The van der Waals surface area contributed by atoms with E-state index in [2.05, 4.69) is 5.10 Å². The summed E-state index contributed by atoms with van der Waals surface area (Å²) >= 11 is 5.89. The number of fused-ring (bicyclic) bond motifs is 1. The van der Waals surface area contributed by atoms with Crippen LogP contribution in [-0.2, 0) is 37.8 Å². The van der Waals surface area contributed by atoms with Crippen molar-refractivity contribution in [3.8, 4) is 5.75 Å². The summed E-state index contributed by atoms with van der Waals surface area (Å²) in [7, 11) is 1.97. The molecule has 0 atom stereocenters. The molecule has 0 saturated carbocycles. The number of hydrogen-bond donors (Lipinski definition) is 0. The van der Waals surface area contributed by atoms with Crippen LogP contribution in [0.3, 0.4) is 0 Å². The van der Waals surface area contributed by atoms with Crippen LogP contribution in [0.4, 0.5) is 0 Å². The Morgan fingerprint density at radius 2 is 2.07 bits per heavy atom. The number of carbonyl (C=O) groups excluding carboxylic acids is 1. The van der Waals surface area contributed by atoms with Crippen LogP contribution in [-0.4, -0.2) is 27.2 Å². The summed E-state index contributed by atoms with van der Waals surface area (Å²) in [4.78, 5) is 14.7. The average molecular weight is 400 g/mol. The molecule has 0 N–H and O–H groups in total. The Morgan fingerprint density at radius 3 is 2.82 bits per heavy atom. The van der Waals surface area contributed by atoms with Crippen molar-refractivity contribution >= 4 is 17.5 Å². The van der Waals surface area contributed by atoms with E-state index in [0.717, 1.165) is 30.7 Å². The molecule has 7 heteroatoms. The quantitative estimate of drug-likeness (QED) is 0.606. The van der Waals surface area contributed by atoms with Gasteiger partial charge in [0.2, 0.25) is 0 Å². The van der Waals surface area contributed by atoms with Gasteiger partial charge in [-0.2, -0.15) is 5.10 Å². The van der Waals surface area contributed by atoms with Crippen molar-refractivity contribution in [1.29, 1.82) is 0 Å². The molecule has 1 amide bonds. The molecule has 0 unspecified atom stereocenters. The van der Waals surface area contributed by atoms with E-state index in [0.29, 0.717) is 23.9 Å². The number of aromatic nitrogens is 2. The molecule has 0 aliphatic heterocycles. The zero-order valence-corrected chi connectivity index (χ0v) is 16.5. The normalized spacial score (nSPS) is 12.8. The Kier molecular flexibility index (Phi) is 5.39. The van der Waals surface area contributed by atoms with Gasteiger partial charge in [0.05, 0.1) is 25.0 Å². The fraction of sp³-hybridized carbons (Fsp3) is 0.333. The van der Waals surface area contributed by atoms with E-state index in [1.165, 1.54) is 11.3 Å². The first-order valence-electron chi connectivity index (χ1n) is 9.32. The van der Waals surface area contributed by atoms with E-state index >= 15 is 0 Å². The molecule has 4 rings (SSSR count). The van der Waals surface area contributed by atoms with Gasteiger partial charge < -0.3 is 14.1 Å². The minimum absolute atomic E-state index is 0.0582. The lowest BCUT2D eigenvalue weighted by Gasteiger charge is -2.21. The molecule has 0 bridgehead atoms. The van der Waals surface area contributed by atoms with Crippen molar-refractivity contribution in [2.24, 2.45) is 7.05 Å². The zero-order chi connectivity index (χ0) is 19.5. The van der Waals surface area contributed by atoms with Crippen molar-refractivity contribution in [2.45, 2.75) is 32.4 Å². The maximum atomic E-state index is 12.9. The van der Waals surface area contributed by atoms with Gasteiger partial charge in [-0.05, 0) is 61.2 Å². The Labute approximate surface area is 168 Å². The van der Waals surface area contributed by atoms with Crippen LogP contribution in [0.1, 0.15) is 29.1 Å². The third kappa shape index (κ3) is 4.07. The summed E-state index contributed by atoms with van der Waals surface area (Å²) in [6.07, 6.45) is 4.81. The lowest BCUT2D eigenvalue weighted by atomic mass is 10.2. The number of nitrogens with zero attached hydrogens (tertiary/aromatic N) is 3. The molecule has 6 nitrogen and oxygen atoms in total. The lowest BCUT2D eigenvalue weighted by molar-refractivity contribution is -0.135. The second kappa shape index (κ2) is 8.10. The summed E-state index contributed by atoms with van der Waals surface area (Å²) in [5, 5.41) is 5.28. The topological polar surface area (TPSA) is 60.5 Å². The van der Waals surface area contributed by atoms with E-state index in [1.54, 1.807) is 35.4 Å². The molecule has 1 aliphatic rings. The van der Waals surface area contributed by atoms with Gasteiger partial charge in [0.15, 0.2) is 6.61 Å². The Morgan fingerprint density at radius 1 is 1.25 bits per heavy atom. The number of rotatable bonds is 7. The number of benzene rings is 1. The minimum atomic E-state index is -0.122. The molecule has 1 aliphatic carbocycles. The highest BCUT2D eigenvalue weighted by molar-refractivity contribution is 6.30. The fourth-order valence-corrected chi connectivity index (χ4v) is 3.72. The number of hydrogen-bond acceptors (Lipinski definition) is 4. The number of amides is 1. The third-order valence-electron chi connectivity index (χ3n) is 4.99. The summed E-state index contributed by atoms with van der Waals surface area (Å²) in [5.74, 6) is 1.21. The molecule has 0 saturated heterocycles. The molecular weight excluding hydrogens is 378 g/mol. The highest BCUT2D eigenvalue weighted by Gasteiger charge is 2.25. The highest BCUT2D eigenvalue weighted by atomic mass is 35.5. The minimum Gasteiger partial charge on any atom is -0.484 e. The van der Waals surface area contributed by atoms with Crippen molar-refractivity contribution < 1.29 is 13.9 Å². The molecule has 0 spiro atoms. The molecule has 2 heterocycles. The van der Waals surface area contributed by atoms with Crippen molar-refractivity contribution in [1.82, 2.24) is 14.7 Å². The highest BCUT2D eigenvalue weighted by Crippen LogP contribution is 2.26. The van der Waals surface area contributed by atoms with E-state index < -0.39 is 0 Å². The van der Waals surface area contributed by atoms with Crippen LogP contribution in [0, 0.1) is 0 Å². The molecule has 3 aromatic rings. The van der Waals surface area contributed by atoms with Gasteiger partial charge in [-0.3, -0.25) is 9.48 Å². The first-order chi connectivity index (χ1) is 13.6. The van der Waals surface area contributed by atoms with Gasteiger partial charge in [0, 0.05) is 17.8 Å². The smallest absolute Gasteiger partial charge is 0.261 e. The van der Waals surface area contributed by atoms with Gasteiger partial charge >= 0.3 is 0 Å². The zero-order valence-electron chi connectivity index (χ0n) is 15.7. The summed E-state index contributed by atoms with van der Waals surface area (Å²) in [5.41, 5.74) is 3.51. The molecule has 1 aromatic carbocycles. The molecule has 0 radical (unpaired) electrons. The predicted molar refractivity (Wildman–Crippen MR) is 105 cm³/mol. The van der Waals surface area contributed by atoms with Crippen LogP contribution in [0.15, 0.2) is 47.1 Å². The van der Waals surface area contributed by atoms with E-state index in [1.807, 2.05) is 23.9 Å². The molecule has 146 valence electrons. The number of furan rings is 1. The Bertz CT molecular complexity index is 948. The van der Waals surface area contributed by atoms with Crippen LogP contribution >= 0.6 is 11.6 Å².